The first-order valence-electron chi connectivity index (χ1n) is 8.93. The molecule has 0 radical (unpaired) electrons. The van der Waals surface area contributed by atoms with E-state index in [2.05, 4.69) is 17.5 Å². The number of imide groups is 1. The van der Waals surface area contributed by atoms with Gasteiger partial charge in [-0.15, -0.1) is 0 Å². The van der Waals surface area contributed by atoms with E-state index in [1.165, 1.54) is 11.3 Å². The lowest BCUT2D eigenvalue weighted by atomic mass is 9.85. The zero-order valence-corrected chi connectivity index (χ0v) is 13.5. The number of hydrogen-bond acceptors (Lipinski definition) is 3. The van der Waals surface area contributed by atoms with Gasteiger partial charge in [0.1, 0.15) is 6.04 Å². The van der Waals surface area contributed by atoms with E-state index in [0.717, 1.165) is 32.1 Å². The van der Waals surface area contributed by atoms with Crippen molar-refractivity contribution in [2.45, 2.75) is 57.5 Å². The molecular formula is C18H24N2O3. The summed E-state index contributed by atoms with van der Waals surface area (Å²) in [5, 5.41) is 3.04. The van der Waals surface area contributed by atoms with Gasteiger partial charge < -0.3 is 5.32 Å². The minimum atomic E-state index is -0.693. The van der Waals surface area contributed by atoms with E-state index in [4.69, 9.17) is 0 Å². The van der Waals surface area contributed by atoms with Crippen LogP contribution in [0.1, 0.15) is 45.4 Å². The second-order valence-electron chi connectivity index (χ2n) is 7.57. The second kappa shape index (κ2) is 5.46. The number of likely N-dealkylation sites (tertiary alicyclic amines) is 1. The number of nitrogens with zero attached hydrogens (tertiary/aromatic N) is 1. The molecule has 1 N–H and O–H groups in total. The average molecular weight is 316 g/mol. The Kier molecular flexibility index (Phi) is 3.54. The number of fused-ring (bicyclic) bond motifs is 5. The molecule has 0 aromatic heterocycles. The Morgan fingerprint density at radius 1 is 1.09 bits per heavy atom. The summed E-state index contributed by atoms with van der Waals surface area (Å²) in [6.45, 7) is 1.68. The fraction of sp³-hybridized carbons (Fsp3) is 0.722. The third kappa shape index (κ3) is 2.24. The lowest BCUT2D eigenvalue weighted by Crippen LogP contribution is -2.51. The molecule has 0 unspecified atom stereocenters. The third-order valence-electron chi connectivity index (χ3n) is 6.22. The summed E-state index contributed by atoms with van der Waals surface area (Å²) in [4.78, 5) is 39.2. The zero-order chi connectivity index (χ0) is 16.1. The summed E-state index contributed by atoms with van der Waals surface area (Å²) in [7, 11) is 0. The maximum Gasteiger partial charge on any atom is 0.243 e. The van der Waals surface area contributed by atoms with Gasteiger partial charge in [0.25, 0.3) is 0 Å². The summed E-state index contributed by atoms with van der Waals surface area (Å²) in [5.74, 6) is -0.504. The summed E-state index contributed by atoms with van der Waals surface area (Å²) in [5.41, 5.74) is 0. The SMILES string of the molecule is C[C@@H](C(=O)NC1CCCCC1)N1C(=O)[C@@H]2[C@H](C1=O)[C@H]1C=C[C@@H]2C1. The molecule has 1 saturated heterocycles. The number of amides is 3. The highest BCUT2D eigenvalue weighted by Gasteiger charge is 2.60. The van der Waals surface area contributed by atoms with Crippen LogP contribution in [0.15, 0.2) is 12.2 Å². The standard InChI is InChI=1S/C18H24N2O3/c1-10(16(21)19-13-5-3-2-4-6-13)20-17(22)14-11-7-8-12(9-11)15(14)18(20)23/h7-8,10-15H,2-6,9H2,1H3,(H,19,21)/t10-,11-,12+,14+,15-/m0/s1. The summed E-state index contributed by atoms with van der Waals surface area (Å²) < 4.78 is 0. The van der Waals surface area contributed by atoms with Gasteiger partial charge in [-0.25, -0.2) is 0 Å². The smallest absolute Gasteiger partial charge is 0.243 e. The van der Waals surface area contributed by atoms with Crippen molar-refractivity contribution in [3.05, 3.63) is 12.2 Å². The Morgan fingerprint density at radius 2 is 1.65 bits per heavy atom. The van der Waals surface area contributed by atoms with Gasteiger partial charge >= 0.3 is 0 Å². The van der Waals surface area contributed by atoms with Crippen molar-refractivity contribution in [3.8, 4) is 0 Å². The first kappa shape index (κ1) is 14.9. The Morgan fingerprint density at radius 3 is 2.22 bits per heavy atom. The Bertz CT molecular complexity index is 549. The van der Waals surface area contributed by atoms with E-state index in [1.807, 2.05) is 0 Å². The number of allylic oxidation sites excluding steroid dienone is 2. The molecular weight excluding hydrogens is 292 g/mol. The number of nitrogens with one attached hydrogen (secondary N) is 1. The highest BCUT2D eigenvalue weighted by molar-refractivity contribution is 6.09. The molecule has 2 saturated carbocycles. The average Bonchev–Trinajstić information content (AvgIpc) is 3.22. The first-order chi connectivity index (χ1) is 11.1. The minimum absolute atomic E-state index is 0.136. The topological polar surface area (TPSA) is 66.5 Å². The van der Waals surface area contributed by atoms with Gasteiger partial charge in [-0.2, -0.15) is 0 Å². The van der Waals surface area contributed by atoms with E-state index in [0.29, 0.717) is 0 Å². The van der Waals surface area contributed by atoms with Gasteiger partial charge in [-0.3, -0.25) is 19.3 Å². The monoisotopic (exact) mass is 316 g/mol. The minimum Gasteiger partial charge on any atom is -0.352 e. The van der Waals surface area contributed by atoms with Crippen molar-refractivity contribution in [2.24, 2.45) is 23.7 Å². The molecule has 124 valence electrons. The highest BCUT2D eigenvalue weighted by Crippen LogP contribution is 2.52. The summed E-state index contributed by atoms with van der Waals surface area (Å²) >= 11 is 0. The number of carbonyl (C=O) groups excluding carboxylic acids is 3. The predicted octanol–water partition coefficient (Wildman–Crippen LogP) is 1.63. The van der Waals surface area contributed by atoms with Crippen molar-refractivity contribution >= 4 is 17.7 Å². The van der Waals surface area contributed by atoms with Crippen LogP contribution in [0.2, 0.25) is 0 Å². The van der Waals surface area contributed by atoms with Gasteiger partial charge in [0, 0.05) is 6.04 Å². The molecule has 4 rings (SSSR count). The van der Waals surface area contributed by atoms with Gasteiger partial charge in [0.05, 0.1) is 11.8 Å². The van der Waals surface area contributed by atoms with Crippen LogP contribution in [0.4, 0.5) is 0 Å². The molecule has 23 heavy (non-hydrogen) atoms. The van der Waals surface area contributed by atoms with Crippen molar-refractivity contribution < 1.29 is 14.4 Å². The van der Waals surface area contributed by atoms with Crippen LogP contribution in [-0.2, 0) is 14.4 Å². The van der Waals surface area contributed by atoms with Crippen molar-refractivity contribution in [2.75, 3.05) is 0 Å². The maximum atomic E-state index is 12.7. The molecule has 5 atom stereocenters. The molecule has 3 amide bonds. The fourth-order valence-corrected chi connectivity index (χ4v) is 4.99. The number of rotatable bonds is 3. The largest absolute Gasteiger partial charge is 0.352 e. The molecule has 5 nitrogen and oxygen atoms in total. The van der Waals surface area contributed by atoms with Crippen LogP contribution >= 0.6 is 0 Å². The van der Waals surface area contributed by atoms with Gasteiger partial charge in [-0.1, -0.05) is 31.4 Å². The molecule has 3 fully saturated rings. The second-order valence-corrected chi connectivity index (χ2v) is 7.57. The van der Waals surface area contributed by atoms with Crippen LogP contribution in [-0.4, -0.2) is 34.7 Å². The molecule has 1 heterocycles. The van der Waals surface area contributed by atoms with Gasteiger partial charge in [0.2, 0.25) is 17.7 Å². The predicted molar refractivity (Wildman–Crippen MR) is 84.0 cm³/mol. The Labute approximate surface area is 136 Å². The lowest BCUT2D eigenvalue weighted by molar-refractivity contribution is -0.148. The first-order valence-corrected chi connectivity index (χ1v) is 8.93. The van der Waals surface area contributed by atoms with Crippen LogP contribution in [0.3, 0.4) is 0 Å². The molecule has 3 aliphatic carbocycles. The summed E-state index contributed by atoms with van der Waals surface area (Å²) in [6.07, 6.45) is 10.6. The molecule has 0 aromatic rings. The van der Waals surface area contributed by atoms with Crippen molar-refractivity contribution in [3.63, 3.8) is 0 Å². The number of carbonyl (C=O) groups is 3. The van der Waals surface area contributed by atoms with E-state index in [1.54, 1.807) is 6.92 Å². The van der Waals surface area contributed by atoms with Gasteiger partial charge in [0.15, 0.2) is 0 Å². The van der Waals surface area contributed by atoms with Gasteiger partial charge in [-0.05, 0) is 38.0 Å². The molecule has 4 aliphatic rings. The highest BCUT2D eigenvalue weighted by atomic mass is 16.2. The third-order valence-corrected chi connectivity index (χ3v) is 6.22. The molecule has 0 aromatic carbocycles. The van der Waals surface area contributed by atoms with Crippen LogP contribution < -0.4 is 5.32 Å². The molecule has 2 bridgehead atoms. The summed E-state index contributed by atoms with van der Waals surface area (Å²) in [6, 6.07) is -0.495. The van der Waals surface area contributed by atoms with Crippen molar-refractivity contribution in [1.29, 1.82) is 0 Å². The lowest BCUT2D eigenvalue weighted by Gasteiger charge is -2.28. The normalized spacial score (nSPS) is 37.3. The van der Waals surface area contributed by atoms with Crippen LogP contribution in [0.5, 0.6) is 0 Å². The molecule has 1 aliphatic heterocycles. The molecule has 5 heteroatoms. The maximum absolute atomic E-state index is 12.7. The molecule has 0 spiro atoms. The zero-order valence-electron chi connectivity index (χ0n) is 13.5. The van der Waals surface area contributed by atoms with Crippen molar-refractivity contribution in [1.82, 2.24) is 10.2 Å². The Balaban J connectivity index is 1.46. The van der Waals surface area contributed by atoms with E-state index in [9.17, 15) is 14.4 Å². The quantitative estimate of drug-likeness (QED) is 0.636. The Hall–Kier alpha value is -1.65. The fourth-order valence-electron chi connectivity index (χ4n) is 4.99. The number of hydrogen-bond donors (Lipinski definition) is 1. The van der Waals surface area contributed by atoms with E-state index < -0.39 is 6.04 Å². The van der Waals surface area contributed by atoms with E-state index >= 15 is 0 Å². The van der Waals surface area contributed by atoms with Crippen LogP contribution in [0.25, 0.3) is 0 Å². The van der Waals surface area contributed by atoms with Crippen LogP contribution in [0, 0.1) is 23.7 Å². The van der Waals surface area contributed by atoms with E-state index in [-0.39, 0.29) is 47.4 Å².